The number of likely N-dealkylation sites (tertiary alicyclic amines) is 1. The van der Waals surface area contributed by atoms with Crippen LogP contribution in [-0.4, -0.2) is 44.8 Å². The lowest BCUT2D eigenvalue weighted by Gasteiger charge is -2.23. The first kappa shape index (κ1) is 17.8. The fourth-order valence-corrected chi connectivity index (χ4v) is 4.87. The molecule has 1 aliphatic carbocycles. The Kier molecular flexibility index (Phi) is 4.29. The molecule has 0 spiro atoms. The van der Waals surface area contributed by atoms with E-state index in [2.05, 4.69) is 5.10 Å². The SMILES string of the molecule is CCc1c(C(=O)N2C[C@@H]3CCC[C@@]3(C(=O)O)C2)cnn1-c1ccccc1C. The Balaban J connectivity index is 1.66. The Morgan fingerprint density at radius 3 is 2.78 bits per heavy atom. The summed E-state index contributed by atoms with van der Waals surface area (Å²) in [7, 11) is 0. The second-order valence-corrected chi connectivity index (χ2v) is 7.79. The number of aryl methyl sites for hydroxylation is 1. The number of hydrogen-bond donors (Lipinski definition) is 1. The van der Waals surface area contributed by atoms with Crippen molar-refractivity contribution < 1.29 is 14.7 Å². The Bertz CT molecular complexity index is 904. The van der Waals surface area contributed by atoms with Crippen molar-refractivity contribution in [2.75, 3.05) is 13.1 Å². The molecule has 1 N–H and O–H groups in total. The summed E-state index contributed by atoms with van der Waals surface area (Å²) in [5.74, 6) is -0.788. The zero-order valence-corrected chi connectivity index (χ0v) is 15.8. The van der Waals surface area contributed by atoms with Gasteiger partial charge >= 0.3 is 5.97 Å². The van der Waals surface area contributed by atoms with E-state index in [0.29, 0.717) is 31.5 Å². The van der Waals surface area contributed by atoms with Crippen molar-refractivity contribution in [3.63, 3.8) is 0 Å². The Morgan fingerprint density at radius 1 is 1.33 bits per heavy atom. The molecule has 2 heterocycles. The third-order valence-corrected chi connectivity index (χ3v) is 6.36. The van der Waals surface area contributed by atoms with Gasteiger partial charge in [-0.2, -0.15) is 5.10 Å². The van der Waals surface area contributed by atoms with Crippen molar-refractivity contribution in [1.82, 2.24) is 14.7 Å². The largest absolute Gasteiger partial charge is 0.481 e. The molecule has 0 radical (unpaired) electrons. The molecular weight excluding hydrogens is 342 g/mol. The van der Waals surface area contributed by atoms with Gasteiger partial charge in [-0.3, -0.25) is 9.59 Å². The average molecular weight is 367 g/mol. The van der Waals surface area contributed by atoms with E-state index >= 15 is 0 Å². The average Bonchev–Trinajstić information content (AvgIpc) is 3.33. The first-order chi connectivity index (χ1) is 13.0. The van der Waals surface area contributed by atoms with Gasteiger partial charge in [-0.25, -0.2) is 4.68 Å². The zero-order chi connectivity index (χ0) is 19.2. The molecule has 2 fully saturated rings. The predicted molar refractivity (Wildman–Crippen MR) is 101 cm³/mol. The van der Waals surface area contributed by atoms with Gasteiger partial charge in [0, 0.05) is 13.1 Å². The van der Waals surface area contributed by atoms with E-state index < -0.39 is 11.4 Å². The van der Waals surface area contributed by atoms with Crippen molar-refractivity contribution in [3.8, 4) is 5.69 Å². The van der Waals surface area contributed by atoms with Gasteiger partial charge in [0.1, 0.15) is 0 Å². The van der Waals surface area contributed by atoms with E-state index in [4.69, 9.17) is 0 Å². The number of hydrogen-bond acceptors (Lipinski definition) is 3. The van der Waals surface area contributed by atoms with Crippen molar-refractivity contribution >= 4 is 11.9 Å². The van der Waals surface area contributed by atoms with Crippen LogP contribution >= 0.6 is 0 Å². The second-order valence-electron chi connectivity index (χ2n) is 7.79. The van der Waals surface area contributed by atoms with E-state index in [1.807, 2.05) is 42.8 Å². The van der Waals surface area contributed by atoms with Crippen LogP contribution in [0, 0.1) is 18.3 Å². The molecule has 1 aromatic heterocycles. The lowest BCUT2D eigenvalue weighted by atomic mass is 9.81. The molecule has 27 heavy (non-hydrogen) atoms. The van der Waals surface area contributed by atoms with Crippen LogP contribution < -0.4 is 0 Å². The molecule has 2 atom stereocenters. The summed E-state index contributed by atoms with van der Waals surface area (Å²) < 4.78 is 1.84. The molecule has 1 saturated heterocycles. The van der Waals surface area contributed by atoms with Crippen molar-refractivity contribution in [2.45, 2.75) is 39.5 Å². The molecule has 1 saturated carbocycles. The van der Waals surface area contributed by atoms with E-state index in [0.717, 1.165) is 29.8 Å². The third-order valence-electron chi connectivity index (χ3n) is 6.36. The van der Waals surface area contributed by atoms with Gasteiger partial charge in [0.2, 0.25) is 0 Å². The van der Waals surface area contributed by atoms with E-state index in [9.17, 15) is 14.7 Å². The first-order valence-corrected chi connectivity index (χ1v) is 9.63. The molecular formula is C21H25N3O3. The van der Waals surface area contributed by atoms with Gasteiger partial charge < -0.3 is 10.0 Å². The van der Waals surface area contributed by atoms with Gasteiger partial charge in [-0.15, -0.1) is 0 Å². The number of amides is 1. The first-order valence-electron chi connectivity index (χ1n) is 9.63. The van der Waals surface area contributed by atoms with Crippen molar-refractivity contribution in [1.29, 1.82) is 0 Å². The lowest BCUT2D eigenvalue weighted by molar-refractivity contribution is -0.149. The molecule has 1 aliphatic heterocycles. The number of fused-ring (bicyclic) bond motifs is 1. The molecule has 4 rings (SSSR count). The van der Waals surface area contributed by atoms with E-state index in [1.54, 1.807) is 11.1 Å². The molecule has 142 valence electrons. The number of benzene rings is 1. The number of carbonyl (C=O) groups is 2. The Labute approximate surface area is 158 Å². The van der Waals surface area contributed by atoms with Gasteiger partial charge in [0.05, 0.1) is 28.6 Å². The van der Waals surface area contributed by atoms with Gasteiger partial charge in [-0.05, 0) is 43.7 Å². The summed E-state index contributed by atoms with van der Waals surface area (Å²) in [6, 6.07) is 7.96. The fraction of sp³-hybridized carbons (Fsp3) is 0.476. The van der Waals surface area contributed by atoms with Crippen molar-refractivity contribution in [3.05, 3.63) is 47.3 Å². The number of carboxylic acids is 1. The van der Waals surface area contributed by atoms with Crippen LogP contribution in [0.2, 0.25) is 0 Å². The number of nitrogens with zero attached hydrogens (tertiary/aromatic N) is 3. The normalized spacial score (nSPS) is 24.2. The van der Waals surface area contributed by atoms with Gasteiger partial charge in [-0.1, -0.05) is 31.5 Å². The maximum atomic E-state index is 13.2. The van der Waals surface area contributed by atoms with Crippen molar-refractivity contribution in [2.24, 2.45) is 11.3 Å². The smallest absolute Gasteiger partial charge is 0.311 e. The van der Waals surface area contributed by atoms with E-state index in [-0.39, 0.29) is 11.8 Å². The molecule has 2 aliphatic rings. The monoisotopic (exact) mass is 367 g/mol. The molecule has 1 amide bonds. The maximum absolute atomic E-state index is 13.2. The molecule has 0 bridgehead atoms. The highest BCUT2D eigenvalue weighted by atomic mass is 16.4. The quantitative estimate of drug-likeness (QED) is 0.901. The van der Waals surface area contributed by atoms with Crippen LogP contribution in [0.15, 0.2) is 30.5 Å². The highest BCUT2D eigenvalue weighted by molar-refractivity contribution is 5.96. The molecule has 0 unspecified atom stereocenters. The summed E-state index contributed by atoms with van der Waals surface area (Å²) in [4.78, 5) is 26.9. The number of carbonyl (C=O) groups excluding carboxylic acids is 1. The number of aromatic nitrogens is 2. The Morgan fingerprint density at radius 2 is 2.11 bits per heavy atom. The standard InChI is InChI=1S/C21H25N3O3/c1-3-17-16(11-22-24(17)18-9-5-4-7-14(18)2)19(25)23-12-15-8-6-10-21(15,13-23)20(26)27/h4-5,7,9,11,15H,3,6,8,10,12-13H2,1-2H3,(H,26,27)/t15-,21+/m0/s1. The number of carboxylic acid groups (broad SMARTS) is 1. The maximum Gasteiger partial charge on any atom is 0.311 e. The minimum absolute atomic E-state index is 0.0652. The van der Waals surface area contributed by atoms with Crippen LogP contribution in [0.25, 0.3) is 5.69 Å². The van der Waals surface area contributed by atoms with Crippen LogP contribution in [0.5, 0.6) is 0 Å². The number of aliphatic carboxylic acids is 1. The lowest BCUT2D eigenvalue weighted by Crippen LogP contribution is -2.37. The minimum Gasteiger partial charge on any atom is -0.481 e. The molecule has 2 aromatic rings. The number of para-hydroxylation sites is 1. The van der Waals surface area contributed by atoms with Crippen LogP contribution in [0.4, 0.5) is 0 Å². The second kappa shape index (κ2) is 6.51. The summed E-state index contributed by atoms with van der Waals surface area (Å²) in [6.45, 7) is 4.88. The number of rotatable bonds is 4. The molecule has 6 heteroatoms. The fourth-order valence-electron chi connectivity index (χ4n) is 4.87. The summed E-state index contributed by atoms with van der Waals surface area (Å²) >= 11 is 0. The minimum atomic E-state index is -0.758. The zero-order valence-electron chi connectivity index (χ0n) is 15.8. The summed E-state index contributed by atoms with van der Waals surface area (Å²) in [6.07, 6.45) is 4.80. The molecule has 1 aromatic carbocycles. The predicted octanol–water partition coefficient (Wildman–Crippen LogP) is 3.07. The highest BCUT2D eigenvalue weighted by Crippen LogP contribution is 2.49. The highest BCUT2D eigenvalue weighted by Gasteiger charge is 2.56. The van der Waals surface area contributed by atoms with Gasteiger partial charge in [0.15, 0.2) is 0 Å². The summed E-state index contributed by atoms with van der Waals surface area (Å²) in [5, 5.41) is 14.3. The van der Waals surface area contributed by atoms with Crippen LogP contribution in [0.3, 0.4) is 0 Å². The third kappa shape index (κ3) is 2.66. The molecule has 6 nitrogen and oxygen atoms in total. The topological polar surface area (TPSA) is 75.4 Å². The van der Waals surface area contributed by atoms with Crippen LogP contribution in [0.1, 0.15) is 47.8 Å². The Hall–Kier alpha value is -2.63. The summed E-state index contributed by atoms with van der Waals surface area (Å²) in [5.41, 5.74) is 2.76. The van der Waals surface area contributed by atoms with Crippen LogP contribution in [-0.2, 0) is 11.2 Å². The van der Waals surface area contributed by atoms with E-state index in [1.165, 1.54) is 0 Å². The van der Waals surface area contributed by atoms with Gasteiger partial charge in [0.25, 0.3) is 5.91 Å².